The molecule has 2 amide bonds. The highest BCUT2D eigenvalue weighted by Crippen LogP contribution is 2.33. The summed E-state index contributed by atoms with van der Waals surface area (Å²) in [6, 6.07) is 1.85. The second-order valence-corrected chi connectivity index (χ2v) is 6.67. The van der Waals surface area contributed by atoms with Crippen molar-refractivity contribution in [3.63, 3.8) is 0 Å². The average Bonchev–Trinajstić information content (AvgIpc) is 2.89. The number of hydrogen-bond donors (Lipinski definition) is 0. The van der Waals surface area contributed by atoms with E-state index in [4.69, 9.17) is 11.6 Å². The summed E-state index contributed by atoms with van der Waals surface area (Å²) < 4.78 is 0. The molecule has 0 radical (unpaired) electrons. The number of amides is 2. The maximum Gasteiger partial charge on any atom is 0.235 e. The first-order valence-corrected chi connectivity index (χ1v) is 7.39. The molecule has 1 saturated heterocycles. The number of fused-ring (bicyclic) bond motifs is 1. The third-order valence-corrected chi connectivity index (χ3v) is 4.44. The minimum atomic E-state index is -0.645. The normalized spacial score (nSPS) is 18.2. The number of halogens is 1. The Morgan fingerprint density at radius 3 is 2.80 bits per heavy atom. The van der Waals surface area contributed by atoms with Crippen molar-refractivity contribution in [1.29, 1.82) is 0 Å². The van der Waals surface area contributed by atoms with Gasteiger partial charge in [-0.1, -0.05) is 25.4 Å². The maximum atomic E-state index is 12.2. The van der Waals surface area contributed by atoms with Gasteiger partial charge in [-0.15, -0.1) is 11.3 Å². The fraction of sp³-hybridized carbons (Fsp3) is 0.385. The quantitative estimate of drug-likeness (QED) is 0.632. The highest BCUT2D eigenvalue weighted by molar-refractivity contribution is 7.16. The molecule has 0 atom stereocenters. The summed E-state index contributed by atoms with van der Waals surface area (Å²) in [5.41, 5.74) is -0.645. The molecule has 2 aromatic heterocycles. The number of imide groups is 1. The molecule has 0 saturated carbocycles. The van der Waals surface area contributed by atoms with Gasteiger partial charge in [0.1, 0.15) is 9.98 Å². The summed E-state index contributed by atoms with van der Waals surface area (Å²) in [5, 5.41) is 3.02. The summed E-state index contributed by atoms with van der Waals surface area (Å²) in [6.45, 7) is 3.61. The molecule has 104 valence electrons. The second-order valence-electron chi connectivity index (χ2n) is 5.42. The summed E-state index contributed by atoms with van der Waals surface area (Å²) >= 11 is 7.54. The van der Waals surface area contributed by atoms with E-state index in [-0.39, 0.29) is 24.8 Å². The Hall–Kier alpha value is -1.53. The number of thiophene rings is 1. The van der Waals surface area contributed by atoms with Crippen LogP contribution >= 0.6 is 22.9 Å². The Morgan fingerprint density at radius 2 is 2.15 bits per heavy atom. The smallest absolute Gasteiger partial charge is 0.235 e. The van der Waals surface area contributed by atoms with Gasteiger partial charge >= 0.3 is 0 Å². The Labute approximate surface area is 124 Å². The summed E-state index contributed by atoms with van der Waals surface area (Å²) in [6.07, 6.45) is 0.223. The number of nitrogens with zero attached hydrogens (tertiary/aromatic N) is 3. The van der Waals surface area contributed by atoms with E-state index in [1.165, 1.54) is 16.2 Å². The van der Waals surface area contributed by atoms with Crippen molar-refractivity contribution < 1.29 is 9.59 Å². The van der Waals surface area contributed by atoms with Gasteiger partial charge < -0.3 is 0 Å². The zero-order valence-electron chi connectivity index (χ0n) is 11.0. The molecule has 3 rings (SSSR count). The molecule has 1 aliphatic rings. The van der Waals surface area contributed by atoms with Crippen molar-refractivity contribution in [2.24, 2.45) is 5.41 Å². The number of rotatable bonds is 2. The summed E-state index contributed by atoms with van der Waals surface area (Å²) in [5.74, 6) is 0.0175. The van der Waals surface area contributed by atoms with E-state index in [1.807, 2.05) is 11.4 Å². The zero-order valence-corrected chi connectivity index (χ0v) is 12.6. The minimum absolute atomic E-state index is 0.0780. The van der Waals surface area contributed by atoms with Gasteiger partial charge in [0, 0.05) is 11.8 Å². The van der Waals surface area contributed by atoms with Crippen LogP contribution in [-0.2, 0) is 16.1 Å². The van der Waals surface area contributed by atoms with Crippen molar-refractivity contribution in [3.8, 4) is 0 Å². The van der Waals surface area contributed by atoms with Gasteiger partial charge in [0.15, 0.2) is 5.82 Å². The molecule has 0 bridgehead atoms. The SMILES string of the molecule is CC1(C)CC(=O)N(Cc2nc(Cl)c3ccsc3n2)C1=O. The second kappa shape index (κ2) is 4.49. The largest absolute Gasteiger partial charge is 0.274 e. The predicted molar refractivity (Wildman–Crippen MR) is 76.4 cm³/mol. The van der Waals surface area contributed by atoms with Crippen LogP contribution in [0.2, 0.25) is 5.15 Å². The lowest BCUT2D eigenvalue weighted by atomic mass is 9.92. The van der Waals surface area contributed by atoms with Crippen LogP contribution in [0.3, 0.4) is 0 Å². The van der Waals surface area contributed by atoms with E-state index in [2.05, 4.69) is 9.97 Å². The van der Waals surface area contributed by atoms with Gasteiger partial charge in [-0.3, -0.25) is 14.5 Å². The monoisotopic (exact) mass is 309 g/mol. The topological polar surface area (TPSA) is 63.2 Å². The molecule has 0 aromatic carbocycles. The number of carbonyl (C=O) groups is 2. The molecule has 1 aliphatic heterocycles. The van der Waals surface area contributed by atoms with E-state index in [0.717, 1.165) is 10.2 Å². The van der Waals surface area contributed by atoms with Crippen LogP contribution in [0.5, 0.6) is 0 Å². The minimum Gasteiger partial charge on any atom is -0.274 e. The first kappa shape index (κ1) is 13.5. The highest BCUT2D eigenvalue weighted by atomic mass is 35.5. The van der Waals surface area contributed by atoms with Crippen molar-refractivity contribution in [2.75, 3.05) is 0 Å². The molecule has 0 spiro atoms. The molecule has 0 aliphatic carbocycles. The first-order valence-electron chi connectivity index (χ1n) is 6.13. The summed E-state index contributed by atoms with van der Waals surface area (Å²) in [7, 11) is 0. The van der Waals surface area contributed by atoms with Gasteiger partial charge in [0.05, 0.1) is 12.0 Å². The standard InChI is InChI=1S/C13H12ClN3O2S/c1-13(2)5-9(18)17(12(13)19)6-8-15-10(14)7-3-4-20-11(7)16-8/h3-4H,5-6H2,1-2H3. The maximum absolute atomic E-state index is 12.2. The molecule has 2 aromatic rings. The lowest BCUT2D eigenvalue weighted by Gasteiger charge is -2.16. The lowest BCUT2D eigenvalue weighted by Crippen LogP contribution is -2.33. The van der Waals surface area contributed by atoms with Crippen LogP contribution in [0.25, 0.3) is 10.2 Å². The fourth-order valence-corrected chi connectivity index (χ4v) is 3.35. The van der Waals surface area contributed by atoms with Crippen molar-refractivity contribution in [1.82, 2.24) is 14.9 Å². The molecule has 5 nitrogen and oxygen atoms in total. The van der Waals surface area contributed by atoms with Crippen molar-refractivity contribution >= 4 is 45.0 Å². The van der Waals surface area contributed by atoms with Crippen LogP contribution in [0, 0.1) is 5.41 Å². The summed E-state index contributed by atoms with van der Waals surface area (Å²) in [4.78, 5) is 34.6. The zero-order chi connectivity index (χ0) is 14.5. The molecule has 0 N–H and O–H groups in total. The average molecular weight is 310 g/mol. The number of likely N-dealkylation sites (tertiary alicyclic amines) is 1. The molecule has 20 heavy (non-hydrogen) atoms. The molecular weight excluding hydrogens is 298 g/mol. The fourth-order valence-electron chi connectivity index (χ4n) is 2.26. The van der Waals surface area contributed by atoms with E-state index >= 15 is 0 Å². The Kier molecular flexibility index (Phi) is 3.02. The van der Waals surface area contributed by atoms with Crippen LogP contribution in [0.1, 0.15) is 26.1 Å². The van der Waals surface area contributed by atoms with Gasteiger partial charge in [0.2, 0.25) is 11.8 Å². The van der Waals surface area contributed by atoms with Gasteiger partial charge in [-0.2, -0.15) is 0 Å². The van der Waals surface area contributed by atoms with Gasteiger partial charge in [0.25, 0.3) is 0 Å². The first-order chi connectivity index (χ1) is 9.38. The third-order valence-electron chi connectivity index (χ3n) is 3.34. The molecule has 7 heteroatoms. The lowest BCUT2D eigenvalue weighted by molar-refractivity contribution is -0.141. The third kappa shape index (κ3) is 2.09. The van der Waals surface area contributed by atoms with E-state index in [0.29, 0.717) is 11.0 Å². The number of aromatic nitrogens is 2. The Bertz CT molecular complexity index is 725. The van der Waals surface area contributed by atoms with Crippen LogP contribution in [-0.4, -0.2) is 26.7 Å². The molecule has 0 unspecified atom stereocenters. The van der Waals surface area contributed by atoms with Crippen LogP contribution < -0.4 is 0 Å². The number of hydrogen-bond acceptors (Lipinski definition) is 5. The molecular formula is C13H12ClN3O2S. The van der Waals surface area contributed by atoms with Crippen LogP contribution in [0.15, 0.2) is 11.4 Å². The van der Waals surface area contributed by atoms with Crippen LogP contribution in [0.4, 0.5) is 0 Å². The van der Waals surface area contributed by atoms with Gasteiger partial charge in [-0.05, 0) is 11.4 Å². The highest BCUT2D eigenvalue weighted by Gasteiger charge is 2.44. The van der Waals surface area contributed by atoms with Crippen molar-refractivity contribution in [2.45, 2.75) is 26.8 Å². The van der Waals surface area contributed by atoms with E-state index in [9.17, 15) is 9.59 Å². The van der Waals surface area contributed by atoms with E-state index < -0.39 is 5.41 Å². The molecule has 3 heterocycles. The molecule has 1 fully saturated rings. The Balaban J connectivity index is 1.93. The van der Waals surface area contributed by atoms with Crippen molar-refractivity contribution in [3.05, 3.63) is 22.4 Å². The van der Waals surface area contributed by atoms with E-state index in [1.54, 1.807) is 13.8 Å². The number of carbonyl (C=O) groups excluding carboxylic acids is 2. The Morgan fingerprint density at radius 1 is 1.40 bits per heavy atom. The van der Waals surface area contributed by atoms with Gasteiger partial charge in [-0.25, -0.2) is 9.97 Å². The predicted octanol–water partition coefficient (Wildman–Crippen LogP) is 2.63.